The second kappa shape index (κ2) is 5.45. The first-order valence-electron chi connectivity index (χ1n) is 6.50. The maximum Gasteiger partial charge on any atom is 0.171 e. The van der Waals surface area contributed by atoms with Crippen LogP contribution in [0.3, 0.4) is 0 Å². The molecule has 3 heteroatoms. The summed E-state index contributed by atoms with van der Waals surface area (Å²) >= 11 is 0. The number of rotatable bonds is 3. The van der Waals surface area contributed by atoms with Gasteiger partial charge in [0.15, 0.2) is 9.04 Å². The van der Waals surface area contributed by atoms with Crippen LogP contribution in [-0.4, -0.2) is 20.9 Å². The van der Waals surface area contributed by atoms with Gasteiger partial charge in [-0.15, -0.1) is 0 Å². The van der Waals surface area contributed by atoms with E-state index in [1.165, 1.54) is 6.42 Å². The Balaban J connectivity index is 2.78. The highest BCUT2D eigenvalue weighted by Gasteiger charge is 2.38. The van der Waals surface area contributed by atoms with Crippen molar-refractivity contribution in [1.82, 2.24) is 0 Å². The van der Waals surface area contributed by atoms with Crippen LogP contribution in [0, 0.1) is 11.3 Å². The smallest absolute Gasteiger partial charge is 0.171 e. The molecule has 0 bridgehead atoms. The van der Waals surface area contributed by atoms with Gasteiger partial charge >= 0.3 is 0 Å². The molecule has 0 saturated heterocycles. The van der Waals surface area contributed by atoms with Crippen molar-refractivity contribution in [3.8, 4) is 0 Å². The van der Waals surface area contributed by atoms with Crippen molar-refractivity contribution in [1.29, 1.82) is 0 Å². The van der Waals surface area contributed by atoms with E-state index in [4.69, 9.17) is 4.43 Å². The third-order valence-corrected chi connectivity index (χ3v) is 4.08. The van der Waals surface area contributed by atoms with E-state index in [1.54, 1.807) is 0 Å². The highest BCUT2D eigenvalue weighted by atomic mass is 28.3. The summed E-state index contributed by atoms with van der Waals surface area (Å²) in [5.41, 5.74) is 0.0783. The first kappa shape index (κ1) is 13.9. The zero-order chi connectivity index (χ0) is 12.3. The molecule has 94 valence electrons. The van der Waals surface area contributed by atoms with E-state index in [9.17, 15) is 4.79 Å². The maximum atomic E-state index is 12.0. The van der Waals surface area contributed by atoms with Crippen LogP contribution < -0.4 is 0 Å². The van der Waals surface area contributed by atoms with E-state index >= 15 is 0 Å². The summed E-state index contributed by atoms with van der Waals surface area (Å²) in [6.45, 7) is 10.9. The fourth-order valence-corrected chi connectivity index (χ4v) is 3.71. The molecule has 1 fully saturated rings. The molecule has 16 heavy (non-hydrogen) atoms. The van der Waals surface area contributed by atoms with Gasteiger partial charge in [-0.25, -0.2) is 0 Å². The first-order chi connectivity index (χ1) is 7.32. The highest BCUT2D eigenvalue weighted by Crippen LogP contribution is 2.35. The zero-order valence-electron chi connectivity index (χ0n) is 11.4. The third-order valence-electron chi connectivity index (χ3n) is 3.24. The summed E-state index contributed by atoms with van der Waals surface area (Å²) in [6.07, 6.45) is 4.19. The molecule has 0 aliphatic heterocycles. The summed E-state index contributed by atoms with van der Waals surface area (Å²) in [5, 5.41) is 0. The molecule has 0 N–H and O–H groups in total. The predicted octanol–water partition coefficient (Wildman–Crippen LogP) is 3.16. The lowest BCUT2D eigenvalue weighted by Crippen LogP contribution is -2.43. The number of hydrogen-bond donors (Lipinski definition) is 0. The van der Waals surface area contributed by atoms with Gasteiger partial charge in [0.1, 0.15) is 5.78 Å². The average Bonchev–Trinajstić information content (AvgIpc) is 2.13. The standard InChI is InChI=1S/C13H26O2Si/c1-13(2,3)12(15-16(4)5)10-8-6-7-9-11(10)14/h10,12,16H,6-9H2,1-5H3. The predicted molar refractivity (Wildman–Crippen MR) is 70.2 cm³/mol. The molecule has 1 rings (SSSR count). The van der Waals surface area contributed by atoms with E-state index in [-0.39, 0.29) is 17.4 Å². The van der Waals surface area contributed by atoms with Gasteiger partial charge < -0.3 is 4.43 Å². The fraction of sp³-hybridized carbons (Fsp3) is 0.923. The summed E-state index contributed by atoms with van der Waals surface area (Å²) < 4.78 is 6.14. The van der Waals surface area contributed by atoms with Gasteiger partial charge in [-0.1, -0.05) is 27.2 Å². The van der Waals surface area contributed by atoms with Crippen LogP contribution in [0.1, 0.15) is 46.5 Å². The van der Waals surface area contributed by atoms with Crippen LogP contribution in [-0.2, 0) is 9.22 Å². The second-order valence-corrected chi connectivity index (χ2v) is 8.66. The van der Waals surface area contributed by atoms with Crippen molar-refractivity contribution in [3.63, 3.8) is 0 Å². The Morgan fingerprint density at radius 3 is 2.38 bits per heavy atom. The largest absolute Gasteiger partial charge is 0.416 e. The Hall–Kier alpha value is -0.153. The highest BCUT2D eigenvalue weighted by molar-refractivity contribution is 6.48. The Bertz CT molecular complexity index is 243. The van der Waals surface area contributed by atoms with Crippen molar-refractivity contribution in [3.05, 3.63) is 0 Å². The minimum Gasteiger partial charge on any atom is -0.416 e. The molecule has 0 aromatic heterocycles. The van der Waals surface area contributed by atoms with Crippen LogP contribution in [0.4, 0.5) is 0 Å². The summed E-state index contributed by atoms with van der Waals surface area (Å²) in [6, 6.07) is 0. The lowest BCUT2D eigenvalue weighted by atomic mass is 9.74. The SMILES string of the molecule is C[SiH](C)OC(C1CCCCC1=O)C(C)(C)C. The molecular formula is C13H26O2Si. The lowest BCUT2D eigenvalue weighted by Gasteiger charge is -2.39. The number of carbonyl (C=O) groups is 1. The molecule has 2 unspecified atom stereocenters. The van der Waals surface area contributed by atoms with Crippen molar-refractivity contribution in [2.24, 2.45) is 11.3 Å². The monoisotopic (exact) mass is 242 g/mol. The number of ketones is 1. The molecule has 1 saturated carbocycles. The van der Waals surface area contributed by atoms with Crippen molar-refractivity contribution in [2.45, 2.75) is 65.7 Å². The molecule has 0 spiro atoms. The van der Waals surface area contributed by atoms with Gasteiger partial charge in [0.05, 0.1) is 6.10 Å². The van der Waals surface area contributed by atoms with Crippen LogP contribution in [0.15, 0.2) is 0 Å². The number of Topliss-reactive ketones (excluding diaryl/α,β-unsaturated/α-hetero) is 1. The zero-order valence-corrected chi connectivity index (χ0v) is 12.5. The topological polar surface area (TPSA) is 26.3 Å². The minimum absolute atomic E-state index is 0.0783. The van der Waals surface area contributed by atoms with Gasteiger partial charge in [-0.2, -0.15) is 0 Å². The molecule has 0 aromatic carbocycles. The van der Waals surface area contributed by atoms with E-state index in [0.29, 0.717) is 5.78 Å². The van der Waals surface area contributed by atoms with Crippen LogP contribution in [0.2, 0.25) is 13.1 Å². The molecule has 0 radical (unpaired) electrons. The van der Waals surface area contributed by atoms with Gasteiger partial charge in [0.25, 0.3) is 0 Å². The quantitative estimate of drug-likeness (QED) is 0.711. The Morgan fingerprint density at radius 2 is 1.94 bits per heavy atom. The molecular weight excluding hydrogens is 216 g/mol. The maximum absolute atomic E-state index is 12.0. The van der Waals surface area contributed by atoms with E-state index < -0.39 is 9.04 Å². The van der Waals surface area contributed by atoms with Gasteiger partial charge in [-0.05, 0) is 31.4 Å². The molecule has 1 aliphatic carbocycles. The fourth-order valence-electron chi connectivity index (χ4n) is 2.53. The second-order valence-electron chi connectivity index (χ2n) is 6.29. The van der Waals surface area contributed by atoms with Crippen LogP contribution in [0.5, 0.6) is 0 Å². The summed E-state index contributed by atoms with van der Waals surface area (Å²) in [4.78, 5) is 12.0. The molecule has 0 aromatic rings. The first-order valence-corrected chi connectivity index (χ1v) is 9.28. The molecule has 1 aliphatic rings. The Kier molecular flexibility index (Phi) is 4.74. The lowest BCUT2D eigenvalue weighted by molar-refractivity contribution is -0.130. The van der Waals surface area contributed by atoms with E-state index in [0.717, 1.165) is 19.3 Å². The number of hydrogen-bond acceptors (Lipinski definition) is 2. The van der Waals surface area contributed by atoms with Crippen molar-refractivity contribution < 1.29 is 9.22 Å². The Labute approximate surface area is 101 Å². The summed E-state index contributed by atoms with van der Waals surface area (Å²) in [5.74, 6) is 0.587. The molecule has 0 heterocycles. The molecule has 2 nitrogen and oxygen atoms in total. The summed E-state index contributed by atoms with van der Waals surface area (Å²) in [7, 11) is -1.08. The molecule has 2 atom stereocenters. The average molecular weight is 242 g/mol. The third kappa shape index (κ3) is 3.70. The van der Waals surface area contributed by atoms with E-state index in [2.05, 4.69) is 33.9 Å². The van der Waals surface area contributed by atoms with Crippen molar-refractivity contribution >= 4 is 14.8 Å². The normalized spacial score (nSPS) is 24.9. The Morgan fingerprint density at radius 1 is 1.31 bits per heavy atom. The van der Waals surface area contributed by atoms with Crippen LogP contribution in [0.25, 0.3) is 0 Å². The van der Waals surface area contributed by atoms with Gasteiger partial charge in [0.2, 0.25) is 0 Å². The van der Waals surface area contributed by atoms with Gasteiger partial charge in [-0.3, -0.25) is 4.79 Å². The van der Waals surface area contributed by atoms with E-state index in [1.807, 2.05) is 0 Å². The van der Waals surface area contributed by atoms with Crippen molar-refractivity contribution in [2.75, 3.05) is 0 Å². The number of carbonyl (C=O) groups excluding carboxylic acids is 1. The molecule has 0 amide bonds. The van der Waals surface area contributed by atoms with Gasteiger partial charge in [0, 0.05) is 12.3 Å². The minimum atomic E-state index is -1.08. The van der Waals surface area contributed by atoms with Crippen LogP contribution >= 0.6 is 0 Å².